The van der Waals surface area contributed by atoms with Gasteiger partial charge in [0.1, 0.15) is 5.82 Å². The number of hydrogen-bond acceptors (Lipinski definition) is 2. The summed E-state index contributed by atoms with van der Waals surface area (Å²) in [7, 11) is 1.96. The van der Waals surface area contributed by atoms with Crippen molar-refractivity contribution in [2.45, 2.75) is 18.9 Å². The molecule has 0 fully saturated rings. The molecular weight excluding hydrogens is 251 g/mol. The normalized spacial score (nSPS) is 13.8. The quantitative estimate of drug-likeness (QED) is 0.904. The standard InChI is InChI=1S/C17H21FN2/c1-13(14-7-4-3-5-8-14)17(12-19)20(2)16-10-6-9-15(18)11-16/h3-11,13,17H,12,19H2,1-2H3. The van der Waals surface area contributed by atoms with E-state index < -0.39 is 0 Å². The first-order chi connectivity index (χ1) is 9.63. The van der Waals surface area contributed by atoms with Crippen LogP contribution in [0, 0.1) is 5.82 Å². The smallest absolute Gasteiger partial charge is 0.125 e. The molecule has 2 aromatic rings. The van der Waals surface area contributed by atoms with Crippen LogP contribution in [0.1, 0.15) is 18.4 Å². The molecule has 106 valence electrons. The fourth-order valence-corrected chi connectivity index (χ4v) is 2.56. The van der Waals surface area contributed by atoms with Crippen molar-refractivity contribution in [1.82, 2.24) is 0 Å². The van der Waals surface area contributed by atoms with Crippen molar-refractivity contribution in [3.8, 4) is 0 Å². The van der Waals surface area contributed by atoms with Gasteiger partial charge in [-0.2, -0.15) is 0 Å². The highest BCUT2D eigenvalue weighted by molar-refractivity contribution is 5.47. The van der Waals surface area contributed by atoms with Gasteiger partial charge in [-0.05, 0) is 23.8 Å². The minimum atomic E-state index is -0.225. The number of rotatable bonds is 5. The van der Waals surface area contributed by atoms with Gasteiger partial charge in [0.2, 0.25) is 0 Å². The van der Waals surface area contributed by atoms with Crippen molar-refractivity contribution in [2.24, 2.45) is 5.73 Å². The van der Waals surface area contributed by atoms with Crippen LogP contribution in [0.3, 0.4) is 0 Å². The molecular formula is C17H21FN2. The van der Waals surface area contributed by atoms with E-state index in [9.17, 15) is 4.39 Å². The second-order valence-corrected chi connectivity index (χ2v) is 5.09. The van der Waals surface area contributed by atoms with Gasteiger partial charge in [0.05, 0.1) is 0 Å². The molecule has 2 N–H and O–H groups in total. The van der Waals surface area contributed by atoms with Gasteiger partial charge in [-0.1, -0.05) is 43.3 Å². The van der Waals surface area contributed by atoms with E-state index in [2.05, 4.69) is 24.0 Å². The number of benzene rings is 2. The number of likely N-dealkylation sites (N-methyl/N-ethyl adjacent to an activating group) is 1. The summed E-state index contributed by atoms with van der Waals surface area (Å²) in [5, 5.41) is 0. The molecule has 0 aliphatic carbocycles. The number of nitrogens with zero attached hydrogens (tertiary/aromatic N) is 1. The van der Waals surface area contributed by atoms with Crippen LogP contribution in [0.5, 0.6) is 0 Å². The lowest BCUT2D eigenvalue weighted by Crippen LogP contribution is -2.41. The molecule has 2 unspecified atom stereocenters. The van der Waals surface area contributed by atoms with Crippen molar-refractivity contribution in [3.05, 3.63) is 66.0 Å². The maximum Gasteiger partial charge on any atom is 0.125 e. The van der Waals surface area contributed by atoms with Crippen LogP contribution in [0.2, 0.25) is 0 Å². The maximum absolute atomic E-state index is 13.4. The number of halogens is 1. The second kappa shape index (κ2) is 6.53. The Balaban J connectivity index is 2.23. The average Bonchev–Trinajstić information content (AvgIpc) is 2.48. The lowest BCUT2D eigenvalue weighted by molar-refractivity contribution is 0.545. The van der Waals surface area contributed by atoms with Crippen molar-refractivity contribution in [3.63, 3.8) is 0 Å². The van der Waals surface area contributed by atoms with E-state index in [1.807, 2.05) is 31.3 Å². The molecule has 0 saturated heterocycles. The topological polar surface area (TPSA) is 29.3 Å². The molecule has 0 bridgehead atoms. The molecule has 0 amide bonds. The first-order valence-corrected chi connectivity index (χ1v) is 6.87. The zero-order chi connectivity index (χ0) is 14.5. The average molecular weight is 272 g/mol. The number of nitrogens with two attached hydrogens (primary N) is 1. The number of hydrogen-bond donors (Lipinski definition) is 1. The van der Waals surface area contributed by atoms with Gasteiger partial charge in [0.15, 0.2) is 0 Å². The monoisotopic (exact) mass is 272 g/mol. The van der Waals surface area contributed by atoms with Gasteiger partial charge in [-0.25, -0.2) is 4.39 Å². The highest BCUT2D eigenvalue weighted by Crippen LogP contribution is 2.26. The van der Waals surface area contributed by atoms with Gasteiger partial charge in [-0.3, -0.25) is 0 Å². The molecule has 0 aliphatic heterocycles. The Morgan fingerprint density at radius 2 is 1.80 bits per heavy atom. The highest BCUT2D eigenvalue weighted by Gasteiger charge is 2.22. The Kier molecular flexibility index (Phi) is 4.74. The summed E-state index contributed by atoms with van der Waals surface area (Å²) in [6.07, 6.45) is 0. The molecule has 3 heteroatoms. The molecule has 0 heterocycles. The van der Waals surface area contributed by atoms with Crippen molar-refractivity contribution >= 4 is 5.69 Å². The molecule has 0 radical (unpaired) electrons. The summed E-state index contributed by atoms with van der Waals surface area (Å²) in [6.45, 7) is 2.67. The molecule has 20 heavy (non-hydrogen) atoms. The predicted octanol–water partition coefficient (Wildman–Crippen LogP) is 3.39. The molecule has 0 saturated carbocycles. The summed E-state index contributed by atoms with van der Waals surface area (Å²) in [5.74, 6) is 0.0481. The first kappa shape index (κ1) is 14.5. The van der Waals surface area contributed by atoms with Crippen LogP contribution >= 0.6 is 0 Å². The zero-order valence-electron chi connectivity index (χ0n) is 12.0. The highest BCUT2D eigenvalue weighted by atomic mass is 19.1. The van der Waals surface area contributed by atoms with E-state index >= 15 is 0 Å². The summed E-state index contributed by atoms with van der Waals surface area (Å²) >= 11 is 0. The van der Waals surface area contributed by atoms with E-state index in [1.165, 1.54) is 11.6 Å². The first-order valence-electron chi connectivity index (χ1n) is 6.87. The Labute approximate surface area is 120 Å². The molecule has 0 aromatic heterocycles. The van der Waals surface area contributed by atoms with Crippen molar-refractivity contribution < 1.29 is 4.39 Å². The summed E-state index contributed by atoms with van der Waals surface area (Å²) in [6, 6.07) is 17.0. The van der Waals surface area contributed by atoms with Crippen LogP contribution < -0.4 is 10.6 Å². The van der Waals surface area contributed by atoms with Crippen molar-refractivity contribution in [1.29, 1.82) is 0 Å². The third-order valence-electron chi connectivity index (χ3n) is 3.86. The fraction of sp³-hybridized carbons (Fsp3) is 0.294. The van der Waals surface area contributed by atoms with E-state index in [0.717, 1.165) is 5.69 Å². The lowest BCUT2D eigenvalue weighted by atomic mass is 9.92. The molecule has 2 aromatic carbocycles. The molecule has 0 spiro atoms. The molecule has 2 nitrogen and oxygen atoms in total. The van der Waals surface area contributed by atoms with Crippen molar-refractivity contribution in [2.75, 3.05) is 18.5 Å². The van der Waals surface area contributed by atoms with Gasteiger partial charge in [-0.15, -0.1) is 0 Å². The third kappa shape index (κ3) is 3.17. The van der Waals surface area contributed by atoms with Crippen LogP contribution in [0.15, 0.2) is 54.6 Å². The SMILES string of the molecule is CC(c1ccccc1)C(CN)N(C)c1cccc(F)c1. The van der Waals surface area contributed by atoms with E-state index in [-0.39, 0.29) is 17.8 Å². The maximum atomic E-state index is 13.4. The Morgan fingerprint density at radius 1 is 1.10 bits per heavy atom. The summed E-state index contributed by atoms with van der Waals surface area (Å²) < 4.78 is 13.4. The zero-order valence-corrected chi connectivity index (χ0v) is 12.0. The Morgan fingerprint density at radius 3 is 2.40 bits per heavy atom. The fourth-order valence-electron chi connectivity index (χ4n) is 2.56. The Hall–Kier alpha value is -1.87. The minimum absolute atomic E-state index is 0.124. The predicted molar refractivity (Wildman–Crippen MR) is 82.5 cm³/mol. The van der Waals surface area contributed by atoms with E-state index in [4.69, 9.17) is 5.73 Å². The minimum Gasteiger partial charge on any atom is -0.370 e. The molecule has 2 rings (SSSR count). The van der Waals surface area contributed by atoms with Gasteiger partial charge < -0.3 is 10.6 Å². The van der Waals surface area contributed by atoms with E-state index in [0.29, 0.717) is 6.54 Å². The van der Waals surface area contributed by atoms with E-state index in [1.54, 1.807) is 12.1 Å². The van der Waals surface area contributed by atoms with Gasteiger partial charge in [0, 0.05) is 31.2 Å². The van der Waals surface area contributed by atoms with Gasteiger partial charge in [0.25, 0.3) is 0 Å². The van der Waals surface area contributed by atoms with Crippen LogP contribution in [0.4, 0.5) is 10.1 Å². The largest absolute Gasteiger partial charge is 0.370 e. The summed E-state index contributed by atoms with van der Waals surface area (Å²) in [4.78, 5) is 2.06. The summed E-state index contributed by atoms with van der Waals surface area (Å²) in [5.41, 5.74) is 8.04. The Bertz CT molecular complexity index is 542. The van der Waals surface area contributed by atoms with Gasteiger partial charge >= 0.3 is 0 Å². The lowest BCUT2D eigenvalue weighted by Gasteiger charge is -2.34. The molecule has 2 atom stereocenters. The van der Waals surface area contributed by atoms with Crippen LogP contribution in [-0.2, 0) is 0 Å². The van der Waals surface area contributed by atoms with Crippen LogP contribution in [0.25, 0.3) is 0 Å². The number of anilines is 1. The third-order valence-corrected chi connectivity index (χ3v) is 3.86. The van der Waals surface area contributed by atoms with Crippen LogP contribution in [-0.4, -0.2) is 19.6 Å². The molecule has 0 aliphatic rings. The second-order valence-electron chi connectivity index (χ2n) is 5.09.